The molecule has 2 saturated carbocycles. The van der Waals surface area contributed by atoms with Crippen LogP contribution in [0.25, 0.3) is 10.8 Å². The molecule has 0 spiro atoms. The van der Waals surface area contributed by atoms with E-state index in [1.54, 1.807) is 0 Å². The molecule has 0 saturated heterocycles. The average Bonchev–Trinajstić information content (AvgIpc) is 2.86. The maximum Gasteiger partial charge on any atom is 0.134 e. The van der Waals surface area contributed by atoms with Crippen LogP contribution in [0.3, 0.4) is 0 Å². The molecule has 2 aliphatic rings. The summed E-state index contributed by atoms with van der Waals surface area (Å²) in [4.78, 5) is 0. The van der Waals surface area contributed by atoms with Gasteiger partial charge in [0.25, 0.3) is 0 Å². The van der Waals surface area contributed by atoms with Gasteiger partial charge in [0.05, 0.1) is 0 Å². The molecule has 4 rings (SSSR count). The summed E-state index contributed by atoms with van der Waals surface area (Å²) < 4.78 is 14.8. The molecule has 0 aliphatic heterocycles. The number of halogens is 1. The molecule has 0 bridgehead atoms. The first-order chi connectivity index (χ1) is 16.2. The minimum atomic E-state index is -0.0473. The highest BCUT2D eigenvalue weighted by molar-refractivity contribution is 5.84. The van der Waals surface area contributed by atoms with Crippen molar-refractivity contribution in [3.8, 4) is 0 Å². The maximum atomic E-state index is 14.8. The topological polar surface area (TPSA) is 0 Å². The number of hydrogen-bond acceptors (Lipinski definition) is 0. The van der Waals surface area contributed by atoms with Gasteiger partial charge in [-0.2, -0.15) is 0 Å². The van der Waals surface area contributed by atoms with Crippen molar-refractivity contribution in [3.05, 3.63) is 72.6 Å². The molecule has 2 fully saturated rings. The summed E-state index contributed by atoms with van der Waals surface area (Å²) in [6.07, 6.45) is 22.0. The molecule has 0 nitrogen and oxygen atoms in total. The molecule has 0 aromatic heterocycles. The maximum absolute atomic E-state index is 14.8. The highest BCUT2D eigenvalue weighted by atomic mass is 19.1. The van der Waals surface area contributed by atoms with Crippen molar-refractivity contribution in [1.82, 2.24) is 0 Å². The quantitative estimate of drug-likeness (QED) is 0.319. The van der Waals surface area contributed by atoms with E-state index in [9.17, 15) is 4.39 Å². The van der Waals surface area contributed by atoms with Gasteiger partial charge in [0.15, 0.2) is 0 Å². The average molecular weight is 447 g/mol. The number of benzene rings is 2. The van der Waals surface area contributed by atoms with Gasteiger partial charge in [-0.3, -0.25) is 0 Å². The Hall–Kier alpha value is -1.89. The highest BCUT2D eigenvalue weighted by Crippen LogP contribution is 2.43. The molecule has 1 heteroatoms. The first kappa shape index (κ1) is 24.2. The van der Waals surface area contributed by atoms with Gasteiger partial charge in [0.1, 0.15) is 5.82 Å². The largest absolute Gasteiger partial charge is 0.206 e. The lowest BCUT2D eigenvalue weighted by molar-refractivity contribution is 0.141. The normalized spacial score (nSPS) is 25.7. The van der Waals surface area contributed by atoms with Gasteiger partial charge in [0.2, 0.25) is 0 Å². The Morgan fingerprint density at radius 1 is 0.727 bits per heavy atom. The zero-order valence-electron chi connectivity index (χ0n) is 20.5. The van der Waals surface area contributed by atoms with E-state index < -0.39 is 0 Å². The monoisotopic (exact) mass is 446 g/mol. The molecule has 0 radical (unpaired) electrons. The van der Waals surface area contributed by atoms with E-state index in [-0.39, 0.29) is 5.82 Å². The number of hydrogen-bond donors (Lipinski definition) is 0. The summed E-state index contributed by atoms with van der Waals surface area (Å²) in [5, 5.41) is 1.81. The van der Waals surface area contributed by atoms with Gasteiger partial charge in [-0.15, -0.1) is 13.2 Å². The van der Waals surface area contributed by atoms with Crippen molar-refractivity contribution < 1.29 is 4.39 Å². The predicted octanol–water partition coefficient (Wildman–Crippen LogP) is 9.61. The molecular weight excluding hydrogens is 403 g/mol. The molecule has 33 heavy (non-hydrogen) atoms. The third-order valence-corrected chi connectivity index (χ3v) is 8.79. The van der Waals surface area contributed by atoms with E-state index in [1.165, 1.54) is 76.2 Å². The Kier molecular flexibility index (Phi) is 8.82. The van der Waals surface area contributed by atoms with Crippen LogP contribution in [-0.2, 0) is 12.8 Å². The summed E-state index contributed by atoms with van der Waals surface area (Å²) in [6, 6.07) is 10.4. The van der Waals surface area contributed by atoms with E-state index in [4.69, 9.17) is 0 Å². The standard InChI is InChI=1S/C32H43F/c1-3-5-7-24-11-16-27(17-12-24)28-18-13-25(14-19-28)9-10-26-15-22-31-30(23-26)21-20-29(32(31)33)8-6-4-2/h3-4,15,20-25,27-28H,1-2,5-14,16-19H2. The minimum Gasteiger partial charge on any atom is -0.206 e. The summed E-state index contributed by atoms with van der Waals surface area (Å²) >= 11 is 0. The van der Waals surface area contributed by atoms with E-state index in [2.05, 4.69) is 37.4 Å². The molecule has 2 aliphatic carbocycles. The molecular formula is C32H43F. The van der Waals surface area contributed by atoms with Crippen molar-refractivity contribution in [1.29, 1.82) is 0 Å². The van der Waals surface area contributed by atoms with Crippen LogP contribution in [0.2, 0.25) is 0 Å². The van der Waals surface area contributed by atoms with Gasteiger partial charge in [-0.05, 0) is 104 Å². The lowest BCUT2D eigenvalue weighted by atomic mass is 9.68. The molecule has 0 heterocycles. The fourth-order valence-electron chi connectivity index (χ4n) is 6.61. The number of allylic oxidation sites excluding steroid dienone is 2. The van der Waals surface area contributed by atoms with Gasteiger partial charge in [0, 0.05) is 5.39 Å². The van der Waals surface area contributed by atoms with Gasteiger partial charge < -0.3 is 0 Å². The zero-order valence-corrected chi connectivity index (χ0v) is 20.5. The van der Waals surface area contributed by atoms with Crippen LogP contribution in [0.5, 0.6) is 0 Å². The Morgan fingerprint density at radius 2 is 1.36 bits per heavy atom. The lowest BCUT2D eigenvalue weighted by Crippen LogP contribution is -2.26. The summed E-state index contributed by atoms with van der Waals surface area (Å²) in [6.45, 7) is 7.64. The SMILES string of the molecule is C=CCCc1ccc2cc(CCC3CCC(C4CCC(CCC=C)CC4)CC3)ccc2c1F. The van der Waals surface area contributed by atoms with Crippen LogP contribution < -0.4 is 0 Å². The van der Waals surface area contributed by atoms with E-state index >= 15 is 0 Å². The Labute approximate surface area is 201 Å². The second kappa shape index (κ2) is 12.0. The Morgan fingerprint density at radius 3 is 2.00 bits per heavy atom. The van der Waals surface area contributed by atoms with Crippen molar-refractivity contribution >= 4 is 10.8 Å². The van der Waals surface area contributed by atoms with Gasteiger partial charge in [-0.1, -0.05) is 68.2 Å². The summed E-state index contributed by atoms with van der Waals surface area (Å²) in [5.41, 5.74) is 2.16. The molecule has 2 aromatic rings. The fourth-order valence-corrected chi connectivity index (χ4v) is 6.61. The van der Waals surface area contributed by atoms with Crippen LogP contribution in [0.1, 0.15) is 88.2 Å². The molecule has 178 valence electrons. The molecule has 2 aromatic carbocycles. The van der Waals surface area contributed by atoms with Crippen LogP contribution in [-0.4, -0.2) is 0 Å². The molecule has 0 atom stereocenters. The lowest BCUT2D eigenvalue weighted by Gasteiger charge is -2.38. The molecule has 0 N–H and O–H groups in total. The van der Waals surface area contributed by atoms with Crippen molar-refractivity contribution in [2.45, 2.75) is 89.9 Å². The first-order valence-corrected chi connectivity index (χ1v) is 13.6. The number of rotatable bonds is 10. The summed E-state index contributed by atoms with van der Waals surface area (Å²) in [7, 11) is 0. The van der Waals surface area contributed by atoms with E-state index in [0.29, 0.717) is 0 Å². The second-order valence-electron chi connectivity index (χ2n) is 10.9. The smallest absolute Gasteiger partial charge is 0.134 e. The predicted molar refractivity (Wildman–Crippen MR) is 141 cm³/mol. The van der Waals surface area contributed by atoms with Crippen molar-refractivity contribution in [3.63, 3.8) is 0 Å². The van der Waals surface area contributed by atoms with Gasteiger partial charge in [-0.25, -0.2) is 4.39 Å². The fraction of sp³-hybridized carbons (Fsp3) is 0.562. The third-order valence-electron chi connectivity index (χ3n) is 8.79. The van der Waals surface area contributed by atoms with E-state index in [1.807, 2.05) is 18.2 Å². The van der Waals surface area contributed by atoms with Gasteiger partial charge >= 0.3 is 0 Å². The summed E-state index contributed by atoms with van der Waals surface area (Å²) in [5.74, 6) is 3.77. The van der Waals surface area contributed by atoms with Crippen LogP contribution in [0, 0.1) is 29.5 Å². The Balaban J connectivity index is 1.23. The third kappa shape index (κ3) is 6.37. The zero-order chi connectivity index (χ0) is 23.0. The minimum absolute atomic E-state index is 0.0473. The Bertz CT molecular complexity index is 909. The number of fused-ring (bicyclic) bond motifs is 1. The van der Waals surface area contributed by atoms with Crippen LogP contribution in [0.4, 0.5) is 4.39 Å². The highest BCUT2D eigenvalue weighted by Gasteiger charge is 2.30. The number of aryl methyl sites for hydroxylation is 2. The first-order valence-electron chi connectivity index (χ1n) is 13.6. The van der Waals surface area contributed by atoms with E-state index in [0.717, 1.165) is 59.3 Å². The van der Waals surface area contributed by atoms with Crippen molar-refractivity contribution in [2.24, 2.45) is 23.7 Å². The van der Waals surface area contributed by atoms with Crippen molar-refractivity contribution in [2.75, 3.05) is 0 Å². The second-order valence-corrected chi connectivity index (χ2v) is 10.9. The van der Waals surface area contributed by atoms with Crippen LogP contribution in [0.15, 0.2) is 55.6 Å². The molecule has 0 unspecified atom stereocenters. The molecule has 0 amide bonds. The van der Waals surface area contributed by atoms with Crippen LogP contribution >= 0.6 is 0 Å².